The van der Waals surface area contributed by atoms with E-state index in [1.165, 1.54) is 14.9 Å². The van der Waals surface area contributed by atoms with Gasteiger partial charge in [-0.15, -0.1) is 0 Å². The fraction of sp³-hybridized carbons (Fsp3) is 0.333. The molecule has 0 radical (unpaired) electrons. The molecule has 0 aliphatic carbocycles. The van der Waals surface area contributed by atoms with Crippen LogP contribution in [-0.2, 0) is 0 Å². The summed E-state index contributed by atoms with van der Waals surface area (Å²) in [7, 11) is 0. The molecule has 0 N–H and O–H groups in total. The van der Waals surface area contributed by atoms with Crippen molar-refractivity contribution < 1.29 is 0 Å². The summed E-state index contributed by atoms with van der Waals surface area (Å²) in [5, 5.41) is 0. The average molecular weight is 193 g/mol. The van der Waals surface area contributed by atoms with Gasteiger partial charge in [-0.05, 0) is 0 Å². The van der Waals surface area contributed by atoms with Crippen LogP contribution in [0.1, 0.15) is 0 Å². The van der Waals surface area contributed by atoms with Crippen molar-refractivity contribution in [1.29, 1.82) is 0 Å². The summed E-state index contributed by atoms with van der Waals surface area (Å²) in [5.74, 6) is 0. The van der Waals surface area contributed by atoms with E-state index >= 15 is 0 Å². The summed E-state index contributed by atoms with van der Waals surface area (Å²) in [6.45, 7) is 11.2. The molecule has 0 atom stereocenters. The Bertz CT molecular complexity index is 92.1. The Hall–Kier alpha value is -0.144. The van der Waals surface area contributed by atoms with Crippen molar-refractivity contribution in [2.45, 2.75) is 14.9 Å². The topological polar surface area (TPSA) is 0 Å². The van der Waals surface area contributed by atoms with Crippen LogP contribution in [0, 0.1) is 0 Å². The fourth-order valence-corrected chi connectivity index (χ4v) is 5.17. The van der Waals surface area contributed by atoms with Crippen LogP contribution in [0.25, 0.3) is 0 Å². The predicted molar refractivity (Wildman–Crippen MR) is 50.8 cm³/mol. The van der Waals surface area contributed by atoms with E-state index in [9.17, 15) is 0 Å². The Balaban J connectivity index is 3.58. The molecule has 0 fully saturated rings. The van der Waals surface area contributed by atoms with Gasteiger partial charge in [0.05, 0.1) is 0 Å². The molecular formula is C9H15Ga. The first-order valence-corrected chi connectivity index (χ1v) is 8.81. The summed E-state index contributed by atoms with van der Waals surface area (Å²) < 4.78 is 0. The molecule has 0 nitrogen and oxygen atoms in total. The zero-order chi connectivity index (χ0) is 7.82. The Morgan fingerprint density at radius 1 is 0.800 bits per heavy atom. The molecule has 10 heavy (non-hydrogen) atoms. The molecule has 0 aromatic rings. The number of rotatable bonds is 6. The van der Waals surface area contributed by atoms with Gasteiger partial charge in [0.1, 0.15) is 0 Å². The van der Waals surface area contributed by atoms with Crippen molar-refractivity contribution >= 4 is 16.2 Å². The quantitative estimate of drug-likeness (QED) is 0.449. The summed E-state index contributed by atoms with van der Waals surface area (Å²) in [5.41, 5.74) is 0. The van der Waals surface area contributed by atoms with Crippen molar-refractivity contribution in [3.8, 4) is 0 Å². The van der Waals surface area contributed by atoms with E-state index in [1.807, 2.05) is 18.2 Å². The molecule has 0 amide bonds. The van der Waals surface area contributed by atoms with Crippen LogP contribution in [0.15, 0.2) is 38.0 Å². The minimum atomic E-state index is -1.03. The summed E-state index contributed by atoms with van der Waals surface area (Å²) in [6, 6.07) is 0. The molecule has 0 spiro atoms. The molecule has 54 valence electrons. The Morgan fingerprint density at radius 2 is 1.10 bits per heavy atom. The van der Waals surface area contributed by atoms with Crippen LogP contribution in [0.5, 0.6) is 0 Å². The number of hydrogen-bond donors (Lipinski definition) is 0. The molecule has 0 aromatic heterocycles. The van der Waals surface area contributed by atoms with Gasteiger partial charge in [-0.25, -0.2) is 0 Å². The van der Waals surface area contributed by atoms with Crippen LogP contribution in [0.2, 0.25) is 14.9 Å². The van der Waals surface area contributed by atoms with Crippen molar-refractivity contribution in [3.63, 3.8) is 0 Å². The molecule has 0 aliphatic rings. The normalized spacial score (nSPS) is 8.40. The third kappa shape index (κ3) is 4.71. The second kappa shape index (κ2) is 6.97. The Kier molecular flexibility index (Phi) is 6.87. The van der Waals surface area contributed by atoms with Crippen molar-refractivity contribution in [3.05, 3.63) is 38.0 Å². The van der Waals surface area contributed by atoms with Gasteiger partial charge in [0.2, 0.25) is 0 Å². The zero-order valence-corrected chi connectivity index (χ0v) is 8.97. The zero-order valence-electron chi connectivity index (χ0n) is 6.55. The maximum absolute atomic E-state index is 3.74. The molecule has 0 rings (SSSR count). The third-order valence-electron chi connectivity index (χ3n) is 1.50. The van der Waals surface area contributed by atoms with Crippen LogP contribution < -0.4 is 0 Å². The fourth-order valence-electron chi connectivity index (χ4n) is 0.996. The van der Waals surface area contributed by atoms with Crippen molar-refractivity contribution in [1.82, 2.24) is 0 Å². The van der Waals surface area contributed by atoms with E-state index in [-0.39, 0.29) is 0 Å². The van der Waals surface area contributed by atoms with E-state index in [0.29, 0.717) is 0 Å². The van der Waals surface area contributed by atoms with E-state index in [4.69, 9.17) is 0 Å². The van der Waals surface area contributed by atoms with Crippen LogP contribution in [0.3, 0.4) is 0 Å². The first kappa shape index (κ1) is 9.86. The first-order chi connectivity index (χ1) is 4.85. The van der Waals surface area contributed by atoms with Gasteiger partial charge in [0.25, 0.3) is 0 Å². The van der Waals surface area contributed by atoms with Crippen LogP contribution in [-0.4, -0.2) is 16.2 Å². The standard InChI is InChI=1S/3C3H5.Ga/c3*1-3-2;/h3*3H,1-2H2;. The molecule has 0 saturated carbocycles. The van der Waals surface area contributed by atoms with Gasteiger partial charge < -0.3 is 0 Å². The molecule has 0 saturated heterocycles. The van der Waals surface area contributed by atoms with E-state index in [1.54, 1.807) is 0 Å². The molecule has 0 heterocycles. The molecule has 0 unspecified atom stereocenters. The first-order valence-electron chi connectivity index (χ1n) is 3.67. The van der Waals surface area contributed by atoms with Crippen molar-refractivity contribution in [2.24, 2.45) is 0 Å². The molecule has 0 aliphatic heterocycles. The summed E-state index contributed by atoms with van der Waals surface area (Å²) >= 11 is -1.03. The van der Waals surface area contributed by atoms with Crippen LogP contribution in [0.4, 0.5) is 0 Å². The maximum atomic E-state index is 3.74. The minimum absolute atomic E-state index is 1.03. The van der Waals surface area contributed by atoms with Gasteiger partial charge in [-0.1, -0.05) is 0 Å². The average Bonchev–Trinajstić information content (AvgIpc) is 1.90. The summed E-state index contributed by atoms with van der Waals surface area (Å²) in [6.07, 6.45) is 6.12. The number of allylic oxidation sites excluding steroid dienone is 3. The third-order valence-corrected chi connectivity index (χ3v) is 7.79. The number of hydrogen-bond acceptors (Lipinski definition) is 0. The molecule has 0 bridgehead atoms. The van der Waals surface area contributed by atoms with Gasteiger partial charge >= 0.3 is 69.1 Å². The monoisotopic (exact) mass is 192 g/mol. The molecule has 0 aromatic carbocycles. The second-order valence-electron chi connectivity index (χ2n) is 2.44. The Morgan fingerprint density at radius 3 is 1.30 bits per heavy atom. The summed E-state index contributed by atoms with van der Waals surface area (Å²) in [4.78, 5) is 3.76. The van der Waals surface area contributed by atoms with Gasteiger partial charge in [-0.3, -0.25) is 0 Å². The van der Waals surface area contributed by atoms with Crippen molar-refractivity contribution in [2.75, 3.05) is 0 Å². The van der Waals surface area contributed by atoms with Gasteiger partial charge in [0, 0.05) is 0 Å². The van der Waals surface area contributed by atoms with E-state index < -0.39 is 16.2 Å². The van der Waals surface area contributed by atoms with Gasteiger partial charge in [0.15, 0.2) is 0 Å². The predicted octanol–water partition coefficient (Wildman–Crippen LogP) is 3.04. The Labute approximate surface area is 69.4 Å². The van der Waals surface area contributed by atoms with E-state index in [0.717, 1.165) is 0 Å². The second-order valence-corrected chi connectivity index (χ2v) is 9.04. The van der Waals surface area contributed by atoms with E-state index in [2.05, 4.69) is 19.7 Å². The molecule has 1 heteroatoms. The SMILES string of the molecule is C=C[CH2][Ga]([CH2]C=C)[CH2]C=C. The molecular weight excluding hydrogens is 178 g/mol. The van der Waals surface area contributed by atoms with Gasteiger partial charge in [-0.2, -0.15) is 0 Å². The van der Waals surface area contributed by atoms with Crippen LogP contribution >= 0.6 is 0 Å².